The molecule has 2 aliphatic heterocycles. The summed E-state index contributed by atoms with van der Waals surface area (Å²) < 4.78 is 5.13. The smallest absolute Gasteiger partial charge is 0.228 e. The van der Waals surface area contributed by atoms with Crippen LogP contribution in [0.1, 0.15) is 6.42 Å². The van der Waals surface area contributed by atoms with Crippen LogP contribution < -0.4 is 9.64 Å². The first-order valence-corrected chi connectivity index (χ1v) is 8.42. The van der Waals surface area contributed by atoms with E-state index in [4.69, 9.17) is 4.74 Å². The summed E-state index contributed by atoms with van der Waals surface area (Å²) >= 11 is 1.92. The molecule has 1 aromatic rings. The highest BCUT2D eigenvalue weighted by Crippen LogP contribution is 2.24. The van der Waals surface area contributed by atoms with Gasteiger partial charge in [0.2, 0.25) is 17.7 Å². The Balaban J connectivity index is 1.63. The van der Waals surface area contributed by atoms with Crippen LogP contribution in [0.15, 0.2) is 12.3 Å². The zero-order valence-electron chi connectivity index (χ0n) is 12.2. The molecule has 0 radical (unpaired) electrons. The van der Waals surface area contributed by atoms with Crippen LogP contribution in [0.4, 0.5) is 5.95 Å². The van der Waals surface area contributed by atoms with Gasteiger partial charge < -0.3 is 14.5 Å². The molecule has 0 spiro atoms. The number of hydrogen-bond acceptors (Lipinski definition) is 6. The van der Waals surface area contributed by atoms with E-state index in [1.807, 2.05) is 16.7 Å². The molecular weight excluding hydrogens is 288 g/mol. The molecule has 2 aliphatic rings. The van der Waals surface area contributed by atoms with Gasteiger partial charge in [-0.05, 0) is 6.42 Å². The van der Waals surface area contributed by atoms with E-state index >= 15 is 0 Å². The van der Waals surface area contributed by atoms with E-state index in [1.165, 1.54) is 0 Å². The van der Waals surface area contributed by atoms with Crippen molar-refractivity contribution in [2.24, 2.45) is 5.92 Å². The molecule has 0 aliphatic carbocycles. The van der Waals surface area contributed by atoms with Crippen LogP contribution in [-0.4, -0.2) is 65.6 Å². The Morgan fingerprint density at radius 3 is 2.95 bits per heavy atom. The SMILES string of the molecule is COc1ccnc(N2CCC(C(=O)N3CCSCC3)C2)n1. The molecule has 2 saturated heterocycles. The lowest BCUT2D eigenvalue weighted by molar-refractivity contribution is -0.134. The second-order valence-electron chi connectivity index (χ2n) is 5.27. The maximum absolute atomic E-state index is 12.5. The number of anilines is 1. The van der Waals surface area contributed by atoms with Gasteiger partial charge in [-0.2, -0.15) is 16.7 Å². The summed E-state index contributed by atoms with van der Waals surface area (Å²) in [5, 5.41) is 0. The quantitative estimate of drug-likeness (QED) is 0.826. The van der Waals surface area contributed by atoms with Crippen molar-refractivity contribution in [3.05, 3.63) is 12.3 Å². The Morgan fingerprint density at radius 1 is 1.38 bits per heavy atom. The second-order valence-corrected chi connectivity index (χ2v) is 6.49. The van der Waals surface area contributed by atoms with E-state index in [-0.39, 0.29) is 5.92 Å². The normalized spacial score (nSPS) is 22.4. The minimum Gasteiger partial charge on any atom is -0.481 e. The van der Waals surface area contributed by atoms with Gasteiger partial charge in [-0.1, -0.05) is 0 Å². The third-order valence-corrected chi connectivity index (χ3v) is 4.91. The third-order valence-electron chi connectivity index (χ3n) is 3.97. The fourth-order valence-corrected chi connectivity index (χ4v) is 3.69. The predicted octanol–water partition coefficient (Wildman–Crippen LogP) is 0.887. The molecule has 0 N–H and O–H groups in total. The van der Waals surface area contributed by atoms with Gasteiger partial charge in [-0.25, -0.2) is 4.98 Å². The molecule has 0 saturated carbocycles. The van der Waals surface area contributed by atoms with E-state index in [2.05, 4.69) is 14.9 Å². The van der Waals surface area contributed by atoms with Gasteiger partial charge in [0.1, 0.15) is 0 Å². The van der Waals surface area contributed by atoms with Gasteiger partial charge in [0.25, 0.3) is 0 Å². The summed E-state index contributed by atoms with van der Waals surface area (Å²) in [7, 11) is 1.59. The molecule has 1 amide bonds. The number of carbonyl (C=O) groups is 1. The topological polar surface area (TPSA) is 58.6 Å². The van der Waals surface area contributed by atoms with Crippen molar-refractivity contribution < 1.29 is 9.53 Å². The third kappa shape index (κ3) is 3.23. The molecule has 114 valence electrons. The minimum atomic E-state index is 0.0721. The monoisotopic (exact) mass is 308 g/mol. The van der Waals surface area contributed by atoms with Gasteiger partial charge in [-0.3, -0.25) is 4.79 Å². The van der Waals surface area contributed by atoms with Crippen LogP contribution >= 0.6 is 11.8 Å². The van der Waals surface area contributed by atoms with Crippen LogP contribution in [-0.2, 0) is 4.79 Å². The first-order valence-electron chi connectivity index (χ1n) is 7.26. The molecule has 7 heteroatoms. The van der Waals surface area contributed by atoms with Crippen LogP contribution in [0, 0.1) is 5.92 Å². The van der Waals surface area contributed by atoms with E-state index in [1.54, 1.807) is 19.4 Å². The van der Waals surface area contributed by atoms with Gasteiger partial charge >= 0.3 is 0 Å². The lowest BCUT2D eigenvalue weighted by Crippen LogP contribution is -2.42. The van der Waals surface area contributed by atoms with Crippen molar-refractivity contribution >= 4 is 23.6 Å². The van der Waals surface area contributed by atoms with Crippen LogP contribution in [0.3, 0.4) is 0 Å². The number of nitrogens with zero attached hydrogens (tertiary/aromatic N) is 4. The molecule has 3 heterocycles. The number of amides is 1. The van der Waals surface area contributed by atoms with E-state index in [0.29, 0.717) is 24.3 Å². The maximum atomic E-state index is 12.5. The average Bonchev–Trinajstić information content (AvgIpc) is 3.05. The zero-order chi connectivity index (χ0) is 14.7. The van der Waals surface area contributed by atoms with Crippen molar-refractivity contribution in [2.45, 2.75) is 6.42 Å². The molecule has 0 bridgehead atoms. The van der Waals surface area contributed by atoms with E-state index in [9.17, 15) is 4.79 Å². The fourth-order valence-electron chi connectivity index (χ4n) is 2.78. The van der Waals surface area contributed by atoms with Gasteiger partial charge in [0.15, 0.2) is 0 Å². The number of thioether (sulfide) groups is 1. The average molecular weight is 308 g/mol. The van der Waals surface area contributed by atoms with Crippen LogP contribution in [0.25, 0.3) is 0 Å². The zero-order valence-corrected chi connectivity index (χ0v) is 13.0. The molecular formula is C14H20N4O2S. The Morgan fingerprint density at radius 2 is 2.19 bits per heavy atom. The fraction of sp³-hybridized carbons (Fsp3) is 0.643. The molecule has 21 heavy (non-hydrogen) atoms. The molecule has 6 nitrogen and oxygen atoms in total. The molecule has 2 fully saturated rings. The van der Waals surface area contributed by atoms with Crippen LogP contribution in [0.5, 0.6) is 5.88 Å². The number of ether oxygens (including phenoxy) is 1. The van der Waals surface area contributed by atoms with Crippen molar-refractivity contribution in [3.63, 3.8) is 0 Å². The molecule has 1 unspecified atom stereocenters. The summed E-state index contributed by atoms with van der Waals surface area (Å²) in [6.07, 6.45) is 2.57. The molecule has 1 atom stereocenters. The number of carbonyl (C=O) groups excluding carboxylic acids is 1. The second kappa shape index (κ2) is 6.51. The largest absolute Gasteiger partial charge is 0.481 e. The minimum absolute atomic E-state index is 0.0721. The molecule has 3 rings (SSSR count). The molecule has 1 aromatic heterocycles. The van der Waals surface area contributed by atoms with E-state index in [0.717, 1.165) is 37.6 Å². The highest BCUT2D eigenvalue weighted by atomic mass is 32.2. The Bertz CT molecular complexity index is 508. The van der Waals surface area contributed by atoms with Gasteiger partial charge in [0.05, 0.1) is 13.0 Å². The number of methoxy groups -OCH3 is 1. The standard InChI is InChI=1S/C14H20N4O2S/c1-20-12-2-4-15-14(16-12)18-5-3-11(10-18)13(19)17-6-8-21-9-7-17/h2,4,11H,3,5-10H2,1H3. The Hall–Kier alpha value is -1.50. The van der Waals surface area contributed by atoms with Crippen molar-refractivity contribution in [2.75, 3.05) is 49.7 Å². The first-order chi connectivity index (χ1) is 10.3. The Labute approximate surface area is 128 Å². The van der Waals surface area contributed by atoms with Gasteiger partial charge in [-0.15, -0.1) is 0 Å². The summed E-state index contributed by atoms with van der Waals surface area (Å²) in [6, 6.07) is 1.73. The highest BCUT2D eigenvalue weighted by molar-refractivity contribution is 7.99. The van der Waals surface area contributed by atoms with Crippen LogP contribution in [0.2, 0.25) is 0 Å². The number of rotatable bonds is 3. The number of aromatic nitrogens is 2. The van der Waals surface area contributed by atoms with Crippen molar-refractivity contribution in [3.8, 4) is 5.88 Å². The summed E-state index contributed by atoms with van der Waals surface area (Å²) in [5.41, 5.74) is 0. The van der Waals surface area contributed by atoms with E-state index < -0.39 is 0 Å². The Kier molecular flexibility index (Phi) is 4.48. The lowest BCUT2D eigenvalue weighted by Gasteiger charge is -2.28. The molecule has 0 aromatic carbocycles. The lowest BCUT2D eigenvalue weighted by atomic mass is 10.1. The highest BCUT2D eigenvalue weighted by Gasteiger charge is 2.33. The number of hydrogen-bond donors (Lipinski definition) is 0. The summed E-state index contributed by atoms with van der Waals surface area (Å²) in [5.74, 6) is 3.69. The summed E-state index contributed by atoms with van der Waals surface area (Å²) in [4.78, 5) is 25.2. The van der Waals surface area contributed by atoms with Gasteiger partial charge in [0, 0.05) is 49.9 Å². The van der Waals surface area contributed by atoms with Crippen molar-refractivity contribution in [1.29, 1.82) is 0 Å². The van der Waals surface area contributed by atoms with Crippen molar-refractivity contribution in [1.82, 2.24) is 14.9 Å². The summed E-state index contributed by atoms with van der Waals surface area (Å²) in [6.45, 7) is 3.30. The first kappa shape index (κ1) is 14.4. The predicted molar refractivity (Wildman–Crippen MR) is 82.8 cm³/mol. The maximum Gasteiger partial charge on any atom is 0.228 e.